The van der Waals surface area contributed by atoms with Gasteiger partial charge >= 0.3 is 11.9 Å². The third-order valence-corrected chi connectivity index (χ3v) is 14.7. The van der Waals surface area contributed by atoms with E-state index in [-0.39, 0.29) is 18.6 Å². The Bertz CT molecular complexity index is 1510. The van der Waals surface area contributed by atoms with Gasteiger partial charge in [-0.05, 0) is 129 Å². The number of pyridine rings is 1. The number of nitrogens with zero attached hydrogens (tertiary/aromatic N) is 3. The summed E-state index contributed by atoms with van der Waals surface area (Å²) in [5.74, 6) is -0.941. The zero-order valence-electron chi connectivity index (χ0n) is 31.5. The first-order chi connectivity index (χ1) is 24.1. The van der Waals surface area contributed by atoms with Gasteiger partial charge in [-0.15, -0.1) is 0 Å². The highest BCUT2D eigenvalue weighted by atomic mass is 31.2. The topological polar surface area (TPSA) is 160 Å². The lowest BCUT2D eigenvalue weighted by molar-refractivity contribution is -0.158. The van der Waals surface area contributed by atoms with Crippen molar-refractivity contribution in [3.8, 4) is 0 Å². The second-order valence-corrected chi connectivity index (χ2v) is 19.6. The number of fused-ring (bicyclic) bond motifs is 1. The fraction of sp³-hybridized carbons (Fsp3) is 0.789. The summed E-state index contributed by atoms with van der Waals surface area (Å²) in [5, 5.41) is 6.19. The molecule has 4 aliphatic rings. The standard InChI is InChI=1S/C38H61N6O6P/c1-27(24-44-25-41-31-30(39)14-23-40-32(31)44)48-26-51(47,42-35(2,3)33(45)49-28-10-19-37(20-11-28)15-6-7-16-37)43-36(4,5)34(46)50-29-12-21-38(22-13-29)17-8-9-18-38/h14,23,25,27-29H,6-13,15-22,24,26H2,1-5H3,(H2,39,40)(H2,42,43,47)/t27-/m1/s1. The number of anilines is 1. The Morgan fingerprint density at radius 3 is 1.80 bits per heavy atom. The maximum atomic E-state index is 14.9. The van der Waals surface area contributed by atoms with E-state index in [1.165, 1.54) is 51.4 Å². The number of nitrogen functional groups attached to an aromatic ring is 1. The molecule has 284 valence electrons. The highest BCUT2D eigenvalue weighted by molar-refractivity contribution is 7.59. The third-order valence-electron chi connectivity index (χ3n) is 12.3. The molecular weight excluding hydrogens is 667 g/mol. The predicted molar refractivity (Wildman–Crippen MR) is 198 cm³/mol. The van der Waals surface area contributed by atoms with E-state index >= 15 is 0 Å². The summed E-state index contributed by atoms with van der Waals surface area (Å²) in [6, 6.07) is 1.70. The lowest BCUT2D eigenvalue weighted by atomic mass is 9.72. The molecule has 2 aromatic heterocycles. The number of rotatable bonds is 13. The zero-order chi connectivity index (χ0) is 36.5. The molecule has 2 spiro atoms. The second-order valence-electron chi connectivity index (χ2n) is 17.4. The second kappa shape index (κ2) is 15.1. The SMILES string of the molecule is C[C@H](Cn1cnc2c(N)ccnc21)OCP(=O)(NC(C)(C)C(=O)OC1CCC2(CCCC2)CC1)NC(C)(C)C(=O)OC1CCC2(CCCC2)CC1. The van der Waals surface area contributed by atoms with E-state index in [4.69, 9.17) is 19.9 Å². The first kappa shape index (κ1) is 38.2. The van der Waals surface area contributed by atoms with Gasteiger partial charge in [0.15, 0.2) is 5.65 Å². The van der Waals surface area contributed by atoms with Crippen LogP contribution in [0.5, 0.6) is 0 Å². The fourth-order valence-electron chi connectivity index (χ4n) is 9.25. The van der Waals surface area contributed by atoms with Crippen LogP contribution in [0.4, 0.5) is 5.69 Å². The van der Waals surface area contributed by atoms with Gasteiger partial charge in [-0.3, -0.25) is 14.2 Å². The molecule has 0 radical (unpaired) electrons. The van der Waals surface area contributed by atoms with Crippen LogP contribution in [-0.2, 0) is 34.9 Å². The number of hydrogen-bond donors (Lipinski definition) is 3. The third kappa shape index (κ3) is 8.99. The van der Waals surface area contributed by atoms with E-state index in [0.717, 1.165) is 51.4 Å². The molecule has 4 N–H and O–H groups in total. The summed E-state index contributed by atoms with van der Waals surface area (Å²) in [6.07, 6.45) is 20.2. The summed E-state index contributed by atoms with van der Waals surface area (Å²) < 4.78 is 35.1. The van der Waals surface area contributed by atoms with Crippen LogP contribution in [0.25, 0.3) is 11.2 Å². The predicted octanol–water partition coefficient (Wildman–Crippen LogP) is 7.40. The first-order valence-electron chi connectivity index (χ1n) is 19.4. The van der Waals surface area contributed by atoms with Crippen LogP contribution in [-0.4, -0.2) is 62.2 Å². The average Bonchev–Trinajstić information content (AvgIpc) is 3.84. The summed E-state index contributed by atoms with van der Waals surface area (Å²) in [6.45, 7) is 8.93. The Labute approximate surface area is 303 Å². The van der Waals surface area contributed by atoms with Gasteiger partial charge in [-0.1, -0.05) is 25.7 Å². The van der Waals surface area contributed by atoms with Gasteiger partial charge in [0.25, 0.3) is 0 Å². The van der Waals surface area contributed by atoms with Crippen molar-refractivity contribution in [2.75, 3.05) is 12.1 Å². The quantitative estimate of drug-likeness (QED) is 0.139. The van der Waals surface area contributed by atoms with E-state index in [1.807, 2.05) is 11.5 Å². The molecule has 1 atom stereocenters. The minimum absolute atomic E-state index is 0.161. The molecule has 12 nitrogen and oxygen atoms in total. The van der Waals surface area contributed by atoms with Crippen LogP contribution in [0.15, 0.2) is 18.6 Å². The molecular formula is C38H61N6O6P. The molecule has 0 saturated heterocycles. The molecule has 4 fully saturated rings. The molecule has 4 aliphatic carbocycles. The number of hydrogen-bond acceptors (Lipinski definition) is 9. The minimum Gasteiger partial charge on any atom is -0.461 e. The Balaban J connectivity index is 1.11. The number of aromatic nitrogens is 3. The van der Waals surface area contributed by atoms with Crippen molar-refractivity contribution in [2.24, 2.45) is 10.8 Å². The molecule has 13 heteroatoms. The molecule has 0 unspecified atom stereocenters. The highest BCUT2D eigenvalue weighted by Crippen LogP contribution is 2.51. The number of nitrogens with two attached hydrogens (primary N) is 1. The first-order valence-corrected chi connectivity index (χ1v) is 21.3. The number of ether oxygens (including phenoxy) is 3. The Hall–Kier alpha value is -2.53. The summed E-state index contributed by atoms with van der Waals surface area (Å²) in [7, 11) is -3.81. The molecule has 51 heavy (non-hydrogen) atoms. The van der Waals surface area contributed by atoms with Gasteiger partial charge in [-0.2, -0.15) is 0 Å². The van der Waals surface area contributed by atoms with Crippen molar-refractivity contribution in [3.63, 3.8) is 0 Å². The summed E-state index contributed by atoms with van der Waals surface area (Å²) >= 11 is 0. The molecule has 4 saturated carbocycles. The number of nitrogens with one attached hydrogen (secondary N) is 2. The maximum Gasteiger partial charge on any atom is 0.326 e. The van der Waals surface area contributed by atoms with Gasteiger partial charge < -0.3 is 24.5 Å². The minimum atomic E-state index is -3.81. The molecule has 0 bridgehead atoms. The monoisotopic (exact) mass is 728 g/mol. The number of carbonyl (C=O) groups is 2. The highest BCUT2D eigenvalue weighted by Gasteiger charge is 2.46. The molecule has 2 heterocycles. The van der Waals surface area contributed by atoms with E-state index in [1.54, 1.807) is 46.3 Å². The maximum absolute atomic E-state index is 14.9. The van der Waals surface area contributed by atoms with Gasteiger partial charge in [-0.25, -0.2) is 20.1 Å². The number of esters is 2. The van der Waals surface area contributed by atoms with Crippen molar-refractivity contribution in [1.29, 1.82) is 0 Å². The summed E-state index contributed by atoms with van der Waals surface area (Å²) in [4.78, 5) is 36.2. The van der Waals surface area contributed by atoms with Crippen LogP contribution in [0.2, 0.25) is 0 Å². The van der Waals surface area contributed by atoms with Crippen LogP contribution in [0.1, 0.15) is 137 Å². The van der Waals surface area contributed by atoms with E-state index in [0.29, 0.717) is 34.2 Å². The van der Waals surface area contributed by atoms with Crippen molar-refractivity contribution in [1.82, 2.24) is 24.7 Å². The van der Waals surface area contributed by atoms with Crippen LogP contribution in [0.3, 0.4) is 0 Å². The fourth-order valence-corrected chi connectivity index (χ4v) is 11.9. The molecule has 0 aliphatic heterocycles. The van der Waals surface area contributed by atoms with Gasteiger partial charge in [0.2, 0.25) is 7.44 Å². The molecule has 2 aromatic rings. The molecule has 6 rings (SSSR count). The van der Waals surface area contributed by atoms with Crippen LogP contribution < -0.4 is 15.9 Å². The average molecular weight is 729 g/mol. The Morgan fingerprint density at radius 1 is 0.863 bits per heavy atom. The molecule has 0 amide bonds. The number of imidazole rings is 1. The normalized spacial score (nSPS) is 24.1. The van der Waals surface area contributed by atoms with Crippen molar-refractivity contribution in [3.05, 3.63) is 18.6 Å². The lowest BCUT2D eigenvalue weighted by Crippen LogP contribution is -2.55. The smallest absolute Gasteiger partial charge is 0.326 e. The van der Waals surface area contributed by atoms with Gasteiger partial charge in [0.1, 0.15) is 35.2 Å². The zero-order valence-corrected chi connectivity index (χ0v) is 32.4. The number of carbonyl (C=O) groups excluding carboxylic acids is 2. The van der Waals surface area contributed by atoms with E-state index in [9.17, 15) is 14.2 Å². The van der Waals surface area contributed by atoms with E-state index < -0.39 is 36.6 Å². The van der Waals surface area contributed by atoms with Gasteiger partial charge in [0.05, 0.1) is 24.7 Å². The molecule has 0 aromatic carbocycles. The lowest BCUT2D eigenvalue weighted by Gasteiger charge is -2.40. The Kier molecular flexibility index (Phi) is 11.3. The van der Waals surface area contributed by atoms with Crippen molar-refractivity contribution in [2.45, 2.75) is 173 Å². The van der Waals surface area contributed by atoms with Crippen molar-refractivity contribution >= 4 is 36.2 Å². The van der Waals surface area contributed by atoms with E-state index in [2.05, 4.69) is 20.1 Å². The summed E-state index contributed by atoms with van der Waals surface area (Å²) in [5.41, 5.74) is 6.02. The van der Waals surface area contributed by atoms with Crippen molar-refractivity contribution < 1.29 is 28.4 Å². The van der Waals surface area contributed by atoms with Gasteiger partial charge in [0, 0.05) is 6.20 Å². The van der Waals surface area contributed by atoms with Crippen LogP contribution >= 0.6 is 7.44 Å². The Morgan fingerprint density at radius 2 is 1.33 bits per heavy atom. The van der Waals surface area contributed by atoms with Crippen LogP contribution in [0, 0.1) is 10.8 Å². The largest absolute Gasteiger partial charge is 0.461 e.